The van der Waals surface area contributed by atoms with Crippen LogP contribution in [0.2, 0.25) is 0 Å². The van der Waals surface area contributed by atoms with E-state index in [1.54, 1.807) is 39.0 Å². The number of hydrogen-bond acceptors (Lipinski definition) is 6. The van der Waals surface area contributed by atoms with Crippen LogP contribution in [-0.4, -0.2) is 72.5 Å². The molecule has 2 aliphatic rings. The average molecular weight is 561 g/mol. The van der Waals surface area contributed by atoms with Crippen LogP contribution in [-0.2, 0) is 14.6 Å². The highest BCUT2D eigenvalue weighted by atomic mass is 32.2. The molecule has 7 nitrogen and oxygen atoms in total. The molecule has 210 valence electrons. The Morgan fingerprint density at radius 1 is 1.14 bits per heavy atom. The van der Waals surface area contributed by atoms with Crippen LogP contribution < -0.4 is 5.32 Å². The summed E-state index contributed by atoms with van der Waals surface area (Å²) in [5, 5.41) is 11.2. The number of alkyl carbamates (subject to hydrolysis) is 1. The molecule has 3 unspecified atom stereocenters. The normalized spacial score (nSPS) is 23.2. The number of amides is 1. The number of hydrogen-bond donors (Lipinski definition) is 2. The summed E-state index contributed by atoms with van der Waals surface area (Å²) in [7, 11) is -3.79. The predicted octanol–water partition coefficient (Wildman–Crippen LogP) is 4.44. The van der Waals surface area contributed by atoms with E-state index in [0.29, 0.717) is 6.08 Å². The van der Waals surface area contributed by atoms with E-state index in [9.17, 15) is 44.7 Å². The maximum absolute atomic E-state index is 13.2. The summed E-state index contributed by atoms with van der Waals surface area (Å²) >= 11 is 0. The first kappa shape index (κ1) is 30.9. The monoisotopic (exact) mass is 560 g/mol. The Bertz CT molecular complexity index is 1040. The highest BCUT2D eigenvalue weighted by Gasteiger charge is 2.73. The summed E-state index contributed by atoms with van der Waals surface area (Å²) in [6.45, 7) is 4.54. The summed E-state index contributed by atoms with van der Waals surface area (Å²) in [5.41, 5.74) is -5.75. The lowest BCUT2D eigenvalue weighted by Crippen LogP contribution is -2.61. The fourth-order valence-electron chi connectivity index (χ4n) is 3.85. The summed E-state index contributed by atoms with van der Waals surface area (Å²) in [6, 6.07) is -1.10. The van der Waals surface area contributed by atoms with Crippen LogP contribution in [0.5, 0.6) is 0 Å². The zero-order chi connectivity index (χ0) is 28.3. The zero-order valence-electron chi connectivity index (χ0n) is 20.4. The Morgan fingerprint density at radius 3 is 2.22 bits per heavy atom. The van der Waals surface area contributed by atoms with Crippen LogP contribution in [0.4, 0.5) is 31.1 Å². The van der Waals surface area contributed by atoms with Crippen LogP contribution in [0, 0.1) is 5.92 Å². The van der Waals surface area contributed by atoms with Gasteiger partial charge in [-0.25, -0.2) is 13.2 Å². The molecular weight excluding hydrogens is 530 g/mol. The van der Waals surface area contributed by atoms with Gasteiger partial charge in [-0.3, -0.25) is 4.99 Å². The van der Waals surface area contributed by atoms with E-state index in [-0.39, 0.29) is 25.1 Å². The first-order valence-electron chi connectivity index (χ1n) is 11.4. The number of carbonyl (C=O) groups is 1. The molecule has 0 radical (unpaired) electrons. The topological polar surface area (TPSA) is 105 Å². The maximum Gasteiger partial charge on any atom is 0.426 e. The number of allylic oxidation sites excluding steroid dienone is 4. The molecule has 3 atom stereocenters. The van der Waals surface area contributed by atoms with Gasteiger partial charge >= 0.3 is 18.4 Å². The summed E-state index contributed by atoms with van der Waals surface area (Å²) in [5.74, 6) is -2.85. The van der Waals surface area contributed by atoms with E-state index >= 15 is 0 Å². The van der Waals surface area contributed by atoms with Gasteiger partial charge in [0.2, 0.25) is 0 Å². The molecular formula is C23H30F6N2O5S. The molecule has 2 aliphatic carbocycles. The van der Waals surface area contributed by atoms with E-state index in [4.69, 9.17) is 4.74 Å². The maximum atomic E-state index is 13.2. The molecule has 0 saturated carbocycles. The third kappa shape index (κ3) is 8.06. The molecule has 0 saturated heterocycles. The largest absolute Gasteiger partial charge is 0.444 e. The third-order valence-electron chi connectivity index (χ3n) is 5.69. The average Bonchev–Trinajstić information content (AvgIpc) is 2.75. The van der Waals surface area contributed by atoms with Crippen molar-refractivity contribution in [3.8, 4) is 0 Å². The number of carbonyl (C=O) groups excluding carboxylic acids is 1. The van der Waals surface area contributed by atoms with Gasteiger partial charge in [0.05, 0.1) is 17.0 Å². The summed E-state index contributed by atoms with van der Waals surface area (Å²) in [4.78, 5) is 16.3. The Balaban J connectivity index is 2.28. The minimum atomic E-state index is -5.97. The van der Waals surface area contributed by atoms with Crippen molar-refractivity contribution in [1.82, 2.24) is 5.32 Å². The van der Waals surface area contributed by atoms with E-state index in [1.807, 2.05) is 0 Å². The standard InChI is InChI=1S/C23H30F6N2O5S/c1-20(2,3)36-19(32)30-13-17(14-37(34,35)18-7-5-4-6-8-18)31-16-11-9-15(10-12-16)21(33,22(24,25)26)23(27,28)29/h4-7,9,11,15,17-18,33H,8,10,12-14H2,1-3H3,(H,30,32). The second-order valence-corrected chi connectivity index (χ2v) is 12.1. The number of nitrogens with one attached hydrogen (secondary N) is 1. The molecule has 0 bridgehead atoms. The van der Waals surface area contributed by atoms with Crippen molar-refractivity contribution in [3.05, 3.63) is 36.5 Å². The minimum absolute atomic E-state index is 0.0354. The van der Waals surface area contributed by atoms with E-state index < -0.39 is 68.9 Å². The van der Waals surface area contributed by atoms with Gasteiger partial charge in [0.15, 0.2) is 9.84 Å². The van der Waals surface area contributed by atoms with Gasteiger partial charge in [0.25, 0.3) is 5.60 Å². The number of aliphatic hydroxyl groups is 1. The predicted molar refractivity (Wildman–Crippen MR) is 125 cm³/mol. The van der Waals surface area contributed by atoms with Crippen LogP contribution in [0.25, 0.3) is 0 Å². The molecule has 0 aromatic rings. The molecule has 0 aromatic heterocycles. The van der Waals surface area contributed by atoms with Crippen LogP contribution in [0.3, 0.4) is 0 Å². The molecule has 0 aromatic carbocycles. The number of nitrogens with zero attached hydrogens (tertiary/aromatic N) is 1. The second-order valence-electron chi connectivity index (χ2n) is 9.84. The van der Waals surface area contributed by atoms with Crippen molar-refractivity contribution in [2.75, 3.05) is 12.3 Å². The van der Waals surface area contributed by atoms with Crippen molar-refractivity contribution in [1.29, 1.82) is 0 Å². The quantitative estimate of drug-likeness (QED) is 0.448. The van der Waals surface area contributed by atoms with Gasteiger partial charge in [-0.15, -0.1) is 0 Å². The lowest BCUT2D eigenvalue weighted by Gasteiger charge is -2.38. The van der Waals surface area contributed by atoms with Gasteiger partial charge in [-0.1, -0.05) is 30.4 Å². The van der Waals surface area contributed by atoms with Crippen LogP contribution in [0.1, 0.15) is 40.0 Å². The van der Waals surface area contributed by atoms with Gasteiger partial charge in [0, 0.05) is 18.2 Å². The number of alkyl halides is 6. The SMILES string of the molecule is CC(C)(C)OC(=O)NCC(CS(=O)(=O)C1C=CC=CC1)N=C1C=CC(C(O)(C(F)(F)F)C(F)(F)F)CC1. The van der Waals surface area contributed by atoms with Gasteiger partial charge < -0.3 is 15.2 Å². The third-order valence-corrected chi connectivity index (χ3v) is 7.81. The molecule has 2 N–H and O–H groups in total. The van der Waals surface area contributed by atoms with Crippen molar-refractivity contribution in [2.24, 2.45) is 10.9 Å². The molecule has 1 amide bonds. The van der Waals surface area contributed by atoms with E-state index in [2.05, 4.69) is 10.3 Å². The Labute approximate surface area is 211 Å². The van der Waals surface area contributed by atoms with Crippen molar-refractivity contribution in [3.63, 3.8) is 0 Å². The molecule has 0 aliphatic heterocycles. The molecule has 0 heterocycles. The van der Waals surface area contributed by atoms with Gasteiger partial charge in [-0.05, 0) is 46.1 Å². The van der Waals surface area contributed by atoms with Crippen LogP contribution in [0.15, 0.2) is 41.4 Å². The Kier molecular flexibility index (Phi) is 9.33. The first-order chi connectivity index (χ1) is 16.8. The lowest BCUT2D eigenvalue weighted by atomic mass is 9.79. The van der Waals surface area contributed by atoms with Gasteiger partial charge in [0.1, 0.15) is 5.60 Å². The van der Waals surface area contributed by atoms with Crippen molar-refractivity contribution >= 4 is 21.6 Å². The molecule has 0 spiro atoms. The number of ether oxygens (including phenoxy) is 1. The van der Waals surface area contributed by atoms with Gasteiger partial charge in [-0.2, -0.15) is 26.3 Å². The first-order valence-corrected chi connectivity index (χ1v) is 13.1. The molecule has 2 rings (SSSR count). The van der Waals surface area contributed by atoms with Crippen molar-refractivity contribution in [2.45, 2.75) is 74.9 Å². The Hall–Kier alpha value is -2.35. The fraction of sp³-hybridized carbons (Fsp3) is 0.652. The highest BCUT2D eigenvalue weighted by molar-refractivity contribution is 7.92. The number of halogens is 6. The zero-order valence-corrected chi connectivity index (χ0v) is 21.3. The molecule has 37 heavy (non-hydrogen) atoms. The van der Waals surface area contributed by atoms with Crippen LogP contribution >= 0.6 is 0 Å². The Morgan fingerprint density at radius 2 is 1.76 bits per heavy atom. The number of rotatable bonds is 7. The summed E-state index contributed by atoms with van der Waals surface area (Å²) in [6.07, 6.45) is -5.81. The lowest BCUT2D eigenvalue weighted by molar-refractivity contribution is -0.380. The highest BCUT2D eigenvalue weighted by Crippen LogP contribution is 2.50. The van der Waals surface area contributed by atoms with Crippen molar-refractivity contribution < 1.29 is 49.4 Å². The number of sulfone groups is 1. The number of aliphatic imine (C=N–C) groups is 1. The fourth-order valence-corrected chi connectivity index (χ4v) is 5.57. The smallest absolute Gasteiger partial charge is 0.426 e. The molecule has 0 fully saturated rings. The van der Waals surface area contributed by atoms with E-state index in [0.717, 1.165) is 6.08 Å². The summed E-state index contributed by atoms with van der Waals surface area (Å²) < 4.78 is 110. The molecule has 14 heteroatoms. The second kappa shape index (κ2) is 11.2. The van der Waals surface area contributed by atoms with E-state index in [1.165, 1.54) is 6.08 Å². The minimum Gasteiger partial charge on any atom is -0.444 e.